The quantitative estimate of drug-likeness (QED) is 0.592. The van der Waals surface area contributed by atoms with Crippen LogP contribution in [0.25, 0.3) is 0 Å². The lowest BCUT2D eigenvalue weighted by Crippen LogP contribution is -3.00. The number of nitrogens with two attached hydrogens (primary N) is 1. The predicted octanol–water partition coefficient (Wildman–Crippen LogP) is -1.60. The van der Waals surface area contributed by atoms with Crippen molar-refractivity contribution in [1.29, 1.82) is 0 Å². The third-order valence-corrected chi connectivity index (χ3v) is 5.04. The van der Waals surface area contributed by atoms with Gasteiger partial charge < -0.3 is 27.2 Å². The molecule has 3 aliphatic rings. The van der Waals surface area contributed by atoms with Gasteiger partial charge in [-0.15, -0.1) is 11.6 Å². The molecule has 2 heterocycles. The zero-order valence-electron chi connectivity index (χ0n) is 10.7. The van der Waals surface area contributed by atoms with Crippen molar-refractivity contribution in [3.05, 3.63) is 0 Å². The second kappa shape index (κ2) is 6.27. The van der Waals surface area contributed by atoms with E-state index in [0.29, 0.717) is 6.04 Å². The molecule has 2 aliphatic heterocycles. The largest absolute Gasteiger partial charge is 1.00 e. The summed E-state index contributed by atoms with van der Waals surface area (Å²) >= 11 is 6.42. The molecule has 106 valence electrons. The van der Waals surface area contributed by atoms with E-state index < -0.39 is 5.79 Å². The molecule has 1 saturated carbocycles. The van der Waals surface area contributed by atoms with Crippen LogP contribution in [0.3, 0.4) is 0 Å². The van der Waals surface area contributed by atoms with Crippen LogP contribution >= 0.6 is 11.6 Å². The molecule has 3 nitrogen and oxygen atoms in total. The molecule has 0 radical (unpaired) electrons. The maximum Gasteiger partial charge on any atom is 0.185 e. The lowest BCUT2D eigenvalue weighted by atomic mass is 9.93. The average molecular weight is 296 g/mol. The maximum atomic E-state index is 6.42. The summed E-state index contributed by atoms with van der Waals surface area (Å²) in [5.74, 6) is -0.449. The number of piperidine rings is 1. The standard InChI is InChI=1S/C13H22ClNO2.ClH/c14-12-6-1-3-7-13(12)16-9-11(17-13)10-5-2-4-8-15-10;/h10-12,15H,1-9H2;1H. The highest BCUT2D eigenvalue weighted by Crippen LogP contribution is 2.41. The van der Waals surface area contributed by atoms with Gasteiger partial charge in [0.1, 0.15) is 12.1 Å². The average Bonchev–Trinajstić information content (AvgIpc) is 2.80. The molecule has 0 amide bonds. The zero-order chi connectivity index (χ0) is 11.7. The fraction of sp³-hybridized carbons (Fsp3) is 1.00. The Morgan fingerprint density at radius 1 is 1.11 bits per heavy atom. The summed E-state index contributed by atoms with van der Waals surface area (Å²) in [6, 6.07) is 0.592. The molecule has 3 rings (SSSR count). The van der Waals surface area contributed by atoms with Gasteiger partial charge in [-0.25, -0.2) is 0 Å². The second-order valence-corrected chi connectivity index (χ2v) is 6.20. The van der Waals surface area contributed by atoms with Crippen LogP contribution in [0.5, 0.6) is 0 Å². The van der Waals surface area contributed by atoms with Gasteiger partial charge in [-0.3, -0.25) is 0 Å². The smallest absolute Gasteiger partial charge is 0.185 e. The third kappa shape index (κ3) is 2.80. The minimum atomic E-state index is -0.449. The molecule has 4 atom stereocenters. The van der Waals surface area contributed by atoms with E-state index >= 15 is 0 Å². The van der Waals surface area contributed by atoms with Gasteiger partial charge >= 0.3 is 0 Å². The molecule has 4 unspecified atom stereocenters. The number of ether oxygens (including phenoxy) is 2. The van der Waals surface area contributed by atoms with Crippen molar-refractivity contribution < 1.29 is 27.2 Å². The van der Waals surface area contributed by atoms with E-state index in [9.17, 15) is 0 Å². The summed E-state index contributed by atoms with van der Waals surface area (Å²) in [5, 5.41) is 2.48. The Bertz CT molecular complexity index is 274. The van der Waals surface area contributed by atoms with Crippen LogP contribution in [0, 0.1) is 0 Å². The van der Waals surface area contributed by atoms with Crippen molar-refractivity contribution in [2.45, 2.75) is 68.3 Å². The highest BCUT2D eigenvalue weighted by molar-refractivity contribution is 6.21. The van der Waals surface area contributed by atoms with Crippen LogP contribution in [0.4, 0.5) is 0 Å². The summed E-state index contributed by atoms with van der Waals surface area (Å²) in [6.45, 7) is 1.98. The zero-order valence-corrected chi connectivity index (χ0v) is 12.3. The van der Waals surface area contributed by atoms with Crippen molar-refractivity contribution in [2.24, 2.45) is 0 Å². The maximum absolute atomic E-state index is 6.42. The van der Waals surface area contributed by atoms with E-state index in [0.717, 1.165) is 19.4 Å². The van der Waals surface area contributed by atoms with Gasteiger partial charge in [0.05, 0.1) is 18.5 Å². The first-order valence-electron chi connectivity index (χ1n) is 7.09. The van der Waals surface area contributed by atoms with Gasteiger partial charge in [-0.1, -0.05) is 6.42 Å². The lowest BCUT2D eigenvalue weighted by Gasteiger charge is -2.36. The van der Waals surface area contributed by atoms with E-state index in [1.165, 1.54) is 38.6 Å². The highest BCUT2D eigenvalue weighted by atomic mass is 35.5. The van der Waals surface area contributed by atoms with E-state index in [1.54, 1.807) is 0 Å². The SMILES string of the molecule is ClC1CCCCC12OCC(C1CCCC[NH2+]1)O2.[Cl-]. The topological polar surface area (TPSA) is 35.1 Å². The number of halogens is 2. The van der Waals surface area contributed by atoms with Gasteiger partial charge in [-0.2, -0.15) is 0 Å². The number of quaternary nitrogens is 1. The van der Waals surface area contributed by atoms with Crippen LogP contribution < -0.4 is 17.7 Å². The molecular formula is C13H23Cl2NO2. The van der Waals surface area contributed by atoms with E-state index in [4.69, 9.17) is 21.1 Å². The van der Waals surface area contributed by atoms with Gasteiger partial charge in [0.2, 0.25) is 0 Å². The van der Waals surface area contributed by atoms with Crippen LogP contribution in [-0.4, -0.2) is 36.5 Å². The summed E-state index contributed by atoms with van der Waals surface area (Å²) in [4.78, 5) is 0. The summed E-state index contributed by atoms with van der Waals surface area (Å²) in [7, 11) is 0. The van der Waals surface area contributed by atoms with Crippen molar-refractivity contribution in [3.8, 4) is 0 Å². The Hall–Kier alpha value is 0.460. The fourth-order valence-electron chi connectivity index (χ4n) is 3.44. The predicted molar refractivity (Wildman–Crippen MR) is 66.1 cm³/mol. The Balaban J connectivity index is 0.00000120. The second-order valence-electron chi connectivity index (χ2n) is 5.68. The lowest BCUT2D eigenvalue weighted by molar-refractivity contribution is -0.704. The molecule has 3 fully saturated rings. The third-order valence-electron chi connectivity index (χ3n) is 4.49. The van der Waals surface area contributed by atoms with E-state index in [-0.39, 0.29) is 23.9 Å². The molecule has 0 aromatic heterocycles. The first kappa shape index (κ1) is 14.9. The molecule has 1 spiro atoms. The minimum absolute atomic E-state index is 0. The van der Waals surface area contributed by atoms with Crippen molar-refractivity contribution in [2.75, 3.05) is 13.2 Å². The first-order chi connectivity index (χ1) is 8.30. The Labute approximate surface area is 120 Å². The van der Waals surface area contributed by atoms with Gasteiger partial charge in [0, 0.05) is 12.8 Å². The van der Waals surface area contributed by atoms with E-state index in [1.807, 2.05) is 0 Å². The van der Waals surface area contributed by atoms with Gasteiger partial charge in [0.25, 0.3) is 0 Å². The molecule has 0 aromatic rings. The van der Waals surface area contributed by atoms with Crippen LogP contribution in [0.15, 0.2) is 0 Å². The fourth-order valence-corrected chi connectivity index (χ4v) is 3.81. The number of hydrogen-bond donors (Lipinski definition) is 1. The van der Waals surface area contributed by atoms with E-state index in [2.05, 4.69) is 5.32 Å². The van der Waals surface area contributed by atoms with Gasteiger partial charge in [0.15, 0.2) is 5.79 Å². The molecular weight excluding hydrogens is 273 g/mol. The minimum Gasteiger partial charge on any atom is -1.00 e. The first-order valence-corrected chi connectivity index (χ1v) is 7.53. The van der Waals surface area contributed by atoms with Crippen LogP contribution in [0.2, 0.25) is 0 Å². The monoisotopic (exact) mass is 295 g/mol. The molecule has 0 bridgehead atoms. The Morgan fingerprint density at radius 2 is 1.94 bits per heavy atom. The Kier molecular flexibility index (Phi) is 5.18. The molecule has 18 heavy (non-hydrogen) atoms. The molecule has 2 N–H and O–H groups in total. The highest BCUT2D eigenvalue weighted by Gasteiger charge is 2.50. The number of alkyl halides is 1. The van der Waals surface area contributed by atoms with Gasteiger partial charge in [-0.05, 0) is 25.7 Å². The van der Waals surface area contributed by atoms with Crippen molar-refractivity contribution in [1.82, 2.24) is 0 Å². The normalized spacial score (nSPS) is 44.8. The van der Waals surface area contributed by atoms with Crippen molar-refractivity contribution in [3.63, 3.8) is 0 Å². The summed E-state index contributed by atoms with van der Waals surface area (Å²) in [6.07, 6.45) is 8.60. The molecule has 5 heteroatoms. The van der Waals surface area contributed by atoms with Crippen LogP contribution in [0.1, 0.15) is 44.9 Å². The van der Waals surface area contributed by atoms with Crippen LogP contribution in [-0.2, 0) is 9.47 Å². The number of rotatable bonds is 1. The summed E-state index contributed by atoms with van der Waals surface area (Å²) in [5.41, 5.74) is 0. The number of hydrogen-bond acceptors (Lipinski definition) is 2. The van der Waals surface area contributed by atoms with Crippen molar-refractivity contribution >= 4 is 11.6 Å². The molecule has 0 aromatic carbocycles. The molecule has 2 saturated heterocycles. The molecule has 1 aliphatic carbocycles. The summed E-state index contributed by atoms with van der Waals surface area (Å²) < 4.78 is 12.2. The Morgan fingerprint density at radius 3 is 2.67 bits per heavy atom.